The Balaban J connectivity index is 1.77. The Morgan fingerprint density at radius 3 is 2.85 bits per heavy atom. The molecule has 1 nitrogen and oxygen atoms in total. The minimum Gasteiger partial charge on any atom is -0.388 e. The second-order valence-electron chi connectivity index (χ2n) is 4.91. The van der Waals surface area contributed by atoms with Crippen molar-refractivity contribution in [2.24, 2.45) is 17.8 Å². The van der Waals surface area contributed by atoms with Crippen molar-refractivity contribution in [2.75, 3.05) is 6.54 Å². The smallest absolute Gasteiger partial charge is 0.0150 e. The summed E-state index contributed by atoms with van der Waals surface area (Å²) in [5.74, 6) is 3.07. The highest BCUT2D eigenvalue weighted by molar-refractivity contribution is 5.15. The molecule has 72 valence electrons. The lowest BCUT2D eigenvalue weighted by atomic mass is 9.66. The van der Waals surface area contributed by atoms with E-state index in [9.17, 15) is 0 Å². The van der Waals surface area contributed by atoms with Gasteiger partial charge in [0.1, 0.15) is 0 Å². The Kier molecular flexibility index (Phi) is 1.85. The third kappa shape index (κ3) is 1.20. The van der Waals surface area contributed by atoms with E-state index in [1.165, 1.54) is 45.1 Å². The molecule has 1 N–H and O–H groups in total. The van der Waals surface area contributed by atoms with E-state index in [-0.39, 0.29) is 0 Å². The largest absolute Gasteiger partial charge is 0.388 e. The van der Waals surface area contributed by atoms with E-state index in [1.807, 2.05) is 0 Å². The lowest BCUT2D eigenvalue weighted by Crippen LogP contribution is -2.30. The summed E-state index contributed by atoms with van der Waals surface area (Å²) < 4.78 is 0. The molecule has 1 aliphatic heterocycles. The van der Waals surface area contributed by atoms with Gasteiger partial charge in [-0.05, 0) is 31.1 Å². The normalized spacial score (nSPS) is 38.9. The number of fused-ring (bicyclic) bond motifs is 1. The summed E-state index contributed by atoms with van der Waals surface area (Å²) >= 11 is 0. The van der Waals surface area contributed by atoms with E-state index in [2.05, 4.69) is 11.4 Å². The summed E-state index contributed by atoms with van der Waals surface area (Å²) in [5, 5.41) is 3.55. The highest BCUT2D eigenvalue weighted by Crippen LogP contribution is 2.46. The van der Waals surface area contributed by atoms with E-state index < -0.39 is 0 Å². The summed E-state index contributed by atoms with van der Waals surface area (Å²) in [6, 6.07) is 0. The van der Waals surface area contributed by atoms with Crippen LogP contribution in [0.1, 0.15) is 38.5 Å². The van der Waals surface area contributed by atoms with Gasteiger partial charge >= 0.3 is 0 Å². The highest BCUT2D eigenvalue weighted by atomic mass is 14.9. The highest BCUT2D eigenvalue weighted by Gasteiger charge is 2.37. The quantitative estimate of drug-likeness (QED) is 0.649. The molecule has 1 saturated carbocycles. The van der Waals surface area contributed by atoms with Crippen LogP contribution in [0.5, 0.6) is 0 Å². The van der Waals surface area contributed by atoms with E-state index in [0.717, 1.165) is 17.8 Å². The van der Waals surface area contributed by atoms with Crippen molar-refractivity contribution in [2.45, 2.75) is 38.5 Å². The van der Waals surface area contributed by atoms with Crippen LogP contribution in [0.2, 0.25) is 0 Å². The Morgan fingerprint density at radius 2 is 2.08 bits per heavy atom. The van der Waals surface area contributed by atoms with Crippen molar-refractivity contribution in [3.63, 3.8) is 0 Å². The summed E-state index contributed by atoms with van der Waals surface area (Å²) in [4.78, 5) is 0. The zero-order valence-corrected chi connectivity index (χ0v) is 8.26. The van der Waals surface area contributed by atoms with Gasteiger partial charge in [0.2, 0.25) is 0 Å². The van der Waals surface area contributed by atoms with Gasteiger partial charge in [-0.25, -0.2) is 0 Å². The fraction of sp³-hybridized carbons (Fsp3) is 0.833. The first-order valence-corrected chi connectivity index (χ1v) is 5.89. The molecule has 0 aromatic carbocycles. The molecule has 2 aliphatic carbocycles. The predicted octanol–water partition coefficient (Wildman–Crippen LogP) is 2.69. The molecule has 0 amide bonds. The van der Waals surface area contributed by atoms with Crippen LogP contribution in [-0.4, -0.2) is 6.54 Å². The molecule has 0 bridgehead atoms. The average Bonchev–Trinajstić information content (AvgIpc) is 2.49. The van der Waals surface area contributed by atoms with Gasteiger partial charge in [0.25, 0.3) is 0 Å². The van der Waals surface area contributed by atoms with Gasteiger partial charge in [-0.15, -0.1) is 0 Å². The standard InChI is InChI=1S/C12H19N/c1-3-9(4-1)10-5-2-6-12-11(10)7-8-13-12/h6,9-11,13H,1-5,7-8H2. The molecule has 0 aromatic heterocycles. The second-order valence-corrected chi connectivity index (χ2v) is 4.91. The zero-order chi connectivity index (χ0) is 8.67. The van der Waals surface area contributed by atoms with Crippen molar-refractivity contribution in [3.05, 3.63) is 11.8 Å². The van der Waals surface area contributed by atoms with Crippen LogP contribution in [0, 0.1) is 17.8 Å². The third-order valence-corrected chi connectivity index (χ3v) is 4.32. The Morgan fingerprint density at radius 1 is 1.15 bits per heavy atom. The minimum absolute atomic E-state index is 0.930. The fourth-order valence-electron chi connectivity index (χ4n) is 3.39. The molecule has 2 atom stereocenters. The van der Waals surface area contributed by atoms with E-state index in [1.54, 1.807) is 5.70 Å². The maximum Gasteiger partial charge on any atom is 0.0150 e. The van der Waals surface area contributed by atoms with Crippen LogP contribution in [-0.2, 0) is 0 Å². The van der Waals surface area contributed by atoms with Crippen LogP contribution in [0.3, 0.4) is 0 Å². The molecular weight excluding hydrogens is 158 g/mol. The summed E-state index contributed by atoms with van der Waals surface area (Å²) in [7, 11) is 0. The van der Waals surface area contributed by atoms with Crippen LogP contribution in [0.15, 0.2) is 11.8 Å². The van der Waals surface area contributed by atoms with Crippen LogP contribution in [0.4, 0.5) is 0 Å². The maximum atomic E-state index is 3.55. The molecular formula is C12H19N. The second kappa shape index (κ2) is 3.04. The Hall–Kier alpha value is -0.460. The molecule has 3 rings (SSSR count). The molecule has 0 aromatic rings. The first-order valence-electron chi connectivity index (χ1n) is 5.89. The first-order chi connectivity index (χ1) is 6.45. The fourth-order valence-corrected chi connectivity index (χ4v) is 3.39. The van der Waals surface area contributed by atoms with Crippen LogP contribution < -0.4 is 5.32 Å². The van der Waals surface area contributed by atoms with E-state index in [4.69, 9.17) is 0 Å². The van der Waals surface area contributed by atoms with Crippen molar-refractivity contribution >= 4 is 0 Å². The molecule has 13 heavy (non-hydrogen) atoms. The van der Waals surface area contributed by atoms with Gasteiger partial charge in [0, 0.05) is 18.2 Å². The van der Waals surface area contributed by atoms with Crippen LogP contribution >= 0.6 is 0 Å². The van der Waals surface area contributed by atoms with Gasteiger partial charge in [0.05, 0.1) is 0 Å². The summed E-state index contributed by atoms with van der Waals surface area (Å²) in [6.45, 7) is 1.24. The SMILES string of the molecule is C1=C2NCCC2C(C2CCC2)CC1. The number of hydrogen-bond acceptors (Lipinski definition) is 1. The number of rotatable bonds is 1. The van der Waals surface area contributed by atoms with Crippen molar-refractivity contribution in [3.8, 4) is 0 Å². The average molecular weight is 177 g/mol. The van der Waals surface area contributed by atoms with Gasteiger partial charge < -0.3 is 5.32 Å². The lowest BCUT2D eigenvalue weighted by Gasteiger charge is -2.39. The van der Waals surface area contributed by atoms with Gasteiger partial charge in [0.15, 0.2) is 0 Å². The van der Waals surface area contributed by atoms with Gasteiger partial charge in [-0.3, -0.25) is 0 Å². The topological polar surface area (TPSA) is 12.0 Å². The Labute approximate surface area is 80.6 Å². The monoisotopic (exact) mass is 177 g/mol. The molecule has 2 unspecified atom stereocenters. The summed E-state index contributed by atoms with van der Waals surface area (Å²) in [6.07, 6.45) is 11.2. The number of allylic oxidation sites excluding steroid dienone is 2. The van der Waals surface area contributed by atoms with Crippen LogP contribution in [0.25, 0.3) is 0 Å². The number of hydrogen-bond donors (Lipinski definition) is 1. The number of nitrogens with one attached hydrogen (secondary N) is 1. The van der Waals surface area contributed by atoms with Crippen molar-refractivity contribution < 1.29 is 0 Å². The maximum absolute atomic E-state index is 3.55. The molecule has 1 heteroatoms. The molecule has 0 radical (unpaired) electrons. The lowest BCUT2D eigenvalue weighted by molar-refractivity contribution is 0.147. The molecule has 2 fully saturated rings. The molecule has 3 aliphatic rings. The Bertz CT molecular complexity index is 227. The molecule has 1 heterocycles. The van der Waals surface area contributed by atoms with E-state index >= 15 is 0 Å². The van der Waals surface area contributed by atoms with Gasteiger partial charge in [-0.1, -0.05) is 25.3 Å². The van der Waals surface area contributed by atoms with Crippen molar-refractivity contribution in [1.82, 2.24) is 5.32 Å². The van der Waals surface area contributed by atoms with Crippen molar-refractivity contribution in [1.29, 1.82) is 0 Å². The third-order valence-electron chi connectivity index (χ3n) is 4.32. The first kappa shape index (κ1) is 7.90. The summed E-state index contributed by atoms with van der Waals surface area (Å²) in [5.41, 5.74) is 1.60. The molecule has 0 spiro atoms. The zero-order valence-electron chi connectivity index (χ0n) is 8.26. The molecule has 1 saturated heterocycles. The minimum atomic E-state index is 0.930. The predicted molar refractivity (Wildman–Crippen MR) is 54.3 cm³/mol. The van der Waals surface area contributed by atoms with E-state index in [0.29, 0.717) is 0 Å². The van der Waals surface area contributed by atoms with Gasteiger partial charge in [-0.2, -0.15) is 0 Å².